The Morgan fingerprint density at radius 1 is 1.38 bits per heavy atom. The van der Waals surface area contributed by atoms with Crippen LogP contribution in [0.2, 0.25) is 0 Å². The van der Waals surface area contributed by atoms with E-state index < -0.39 is 9.84 Å². The summed E-state index contributed by atoms with van der Waals surface area (Å²) in [6.45, 7) is 2.75. The maximum absolute atomic E-state index is 11.1. The summed E-state index contributed by atoms with van der Waals surface area (Å²) in [6, 6.07) is 0. The largest absolute Gasteiger partial charge is 0.394 e. The summed E-state index contributed by atoms with van der Waals surface area (Å²) in [6.07, 6.45) is 1.05. The highest BCUT2D eigenvalue weighted by Gasteiger charge is 2.35. The molecule has 0 aromatic rings. The van der Waals surface area contributed by atoms with Gasteiger partial charge in [0.15, 0.2) is 0 Å². The van der Waals surface area contributed by atoms with E-state index in [1.165, 1.54) is 0 Å². The normalized spacial score (nSPS) is 25.7. The molecule has 1 fully saturated rings. The Hall–Kier alpha value is -0.130. The van der Waals surface area contributed by atoms with Gasteiger partial charge in [0, 0.05) is 5.54 Å². The first-order valence-corrected chi connectivity index (χ1v) is 6.42. The zero-order chi connectivity index (χ0) is 9.95. The molecule has 0 saturated carbocycles. The lowest BCUT2D eigenvalue weighted by Crippen LogP contribution is -2.53. The average Bonchev–Trinajstić information content (AvgIpc) is 2.10. The van der Waals surface area contributed by atoms with E-state index in [9.17, 15) is 13.5 Å². The third-order valence-corrected chi connectivity index (χ3v) is 4.29. The van der Waals surface area contributed by atoms with Crippen LogP contribution in [0, 0.1) is 0 Å². The summed E-state index contributed by atoms with van der Waals surface area (Å²) in [5, 5.41) is 12.4. The Balaban J connectivity index is 2.63. The highest BCUT2D eigenvalue weighted by Crippen LogP contribution is 2.22. The Kier molecular flexibility index (Phi) is 3.32. The van der Waals surface area contributed by atoms with Crippen molar-refractivity contribution in [2.75, 3.05) is 24.7 Å². The fourth-order valence-electron chi connectivity index (χ4n) is 1.69. The van der Waals surface area contributed by atoms with E-state index in [1.54, 1.807) is 0 Å². The molecule has 0 spiro atoms. The number of hydrogen-bond donors (Lipinski definition) is 2. The number of likely N-dealkylation sites (N-methyl/N-ethyl adjacent to an activating group) is 1. The molecule has 0 radical (unpaired) electrons. The quantitative estimate of drug-likeness (QED) is 0.657. The van der Waals surface area contributed by atoms with Gasteiger partial charge in [0.1, 0.15) is 9.84 Å². The molecule has 0 aromatic heterocycles. The minimum Gasteiger partial charge on any atom is -0.394 e. The topological polar surface area (TPSA) is 66.4 Å². The molecule has 0 aliphatic carbocycles. The van der Waals surface area contributed by atoms with E-state index >= 15 is 0 Å². The van der Waals surface area contributed by atoms with Gasteiger partial charge in [-0.3, -0.25) is 0 Å². The molecule has 0 bridgehead atoms. The van der Waals surface area contributed by atoms with Crippen LogP contribution < -0.4 is 5.32 Å². The molecule has 1 heterocycles. The standard InChI is InChI=1S/C8H17NO3S/c1-2-9-8(7-10)3-5-13(11,12)6-4-8/h9-10H,2-7H2,1H3. The second kappa shape index (κ2) is 3.94. The van der Waals surface area contributed by atoms with Crippen molar-refractivity contribution >= 4 is 9.84 Å². The van der Waals surface area contributed by atoms with E-state index in [0.29, 0.717) is 12.8 Å². The Bertz CT molecular complexity index is 247. The van der Waals surface area contributed by atoms with Gasteiger partial charge in [0.25, 0.3) is 0 Å². The zero-order valence-corrected chi connectivity index (χ0v) is 8.73. The SMILES string of the molecule is CCNC1(CO)CCS(=O)(=O)CC1. The molecular weight excluding hydrogens is 190 g/mol. The van der Waals surface area contributed by atoms with E-state index in [2.05, 4.69) is 5.32 Å². The molecule has 1 rings (SSSR count). The second-order valence-electron chi connectivity index (χ2n) is 3.62. The van der Waals surface area contributed by atoms with Crippen molar-refractivity contribution in [1.29, 1.82) is 0 Å². The van der Waals surface area contributed by atoms with Gasteiger partial charge in [-0.2, -0.15) is 0 Å². The molecule has 0 amide bonds. The molecule has 1 aliphatic heterocycles. The second-order valence-corrected chi connectivity index (χ2v) is 5.92. The van der Waals surface area contributed by atoms with Crippen LogP contribution in [0.25, 0.3) is 0 Å². The summed E-state index contributed by atoms with van der Waals surface area (Å²) in [7, 11) is -2.83. The first-order valence-electron chi connectivity index (χ1n) is 4.60. The minimum absolute atomic E-state index is 0.0242. The van der Waals surface area contributed by atoms with Gasteiger partial charge in [-0.25, -0.2) is 8.42 Å². The lowest BCUT2D eigenvalue weighted by molar-refractivity contribution is 0.151. The highest BCUT2D eigenvalue weighted by atomic mass is 32.2. The van der Waals surface area contributed by atoms with Gasteiger partial charge in [0.05, 0.1) is 18.1 Å². The Morgan fingerprint density at radius 2 is 1.92 bits per heavy atom. The van der Waals surface area contributed by atoms with E-state index in [-0.39, 0.29) is 23.7 Å². The molecule has 13 heavy (non-hydrogen) atoms. The predicted octanol–water partition coefficient (Wildman–Crippen LogP) is -0.464. The van der Waals surface area contributed by atoms with Crippen molar-refractivity contribution in [2.24, 2.45) is 0 Å². The lowest BCUT2D eigenvalue weighted by Gasteiger charge is -2.36. The first kappa shape index (κ1) is 10.9. The van der Waals surface area contributed by atoms with Crippen LogP contribution in [0.4, 0.5) is 0 Å². The number of sulfone groups is 1. The monoisotopic (exact) mass is 207 g/mol. The zero-order valence-electron chi connectivity index (χ0n) is 7.91. The molecule has 78 valence electrons. The first-order chi connectivity index (χ1) is 6.04. The van der Waals surface area contributed by atoms with Gasteiger partial charge < -0.3 is 10.4 Å². The summed E-state index contributed by atoms with van der Waals surface area (Å²) < 4.78 is 22.3. The molecule has 0 aromatic carbocycles. The van der Waals surface area contributed by atoms with Crippen LogP contribution in [0.15, 0.2) is 0 Å². The average molecular weight is 207 g/mol. The summed E-state index contributed by atoms with van der Waals surface area (Å²) >= 11 is 0. The van der Waals surface area contributed by atoms with Gasteiger partial charge in [-0.05, 0) is 19.4 Å². The fourth-order valence-corrected chi connectivity index (χ4v) is 3.30. The Morgan fingerprint density at radius 3 is 2.31 bits per heavy atom. The molecule has 2 N–H and O–H groups in total. The highest BCUT2D eigenvalue weighted by molar-refractivity contribution is 7.91. The smallest absolute Gasteiger partial charge is 0.150 e. The predicted molar refractivity (Wildman–Crippen MR) is 51.4 cm³/mol. The maximum Gasteiger partial charge on any atom is 0.150 e. The van der Waals surface area contributed by atoms with Crippen molar-refractivity contribution in [3.63, 3.8) is 0 Å². The third-order valence-electron chi connectivity index (χ3n) is 2.64. The van der Waals surface area contributed by atoms with Crippen LogP contribution in [0.5, 0.6) is 0 Å². The molecule has 5 heteroatoms. The molecule has 0 unspecified atom stereocenters. The molecule has 4 nitrogen and oxygen atoms in total. The van der Waals surface area contributed by atoms with E-state index in [4.69, 9.17) is 0 Å². The van der Waals surface area contributed by atoms with Crippen LogP contribution in [0.3, 0.4) is 0 Å². The van der Waals surface area contributed by atoms with Crippen LogP contribution >= 0.6 is 0 Å². The molecular formula is C8H17NO3S. The maximum atomic E-state index is 11.1. The fraction of sp³-hybridized carbons (Fsp3) is 1.00. The van der Waals surface area contributed by atoms with Crippen LogP contribution in [0.1, 0.15) is 19.8 Å². The van der Waals surface area contributed by atoms with Gasteiger partial charge >= 0.3 is 0 Å². The van der Waals surface area contributed by atoms with Crippen molar-refractivity contribution in [1.82, 2.24) is 5.32 Å². The van der Waals surface area contributed by atoms with Crippen LogP contribution in [-0.2, 0) is 9.84 Å². The molecule has 1 aliphatic rings. The van der Waals surface area contributed by atoms with Gasteiger partial charge in [-0.15, -0.1) is 0 Å². The number of nitrogens with one attached hydrogen (secondary N) is 1. The minimum atomic E-state index is -2.83. The van der Waals surface area contributed by atoms with Crippen molar-refractivity contribution in [3.05, 3.63) is 0 Å². The van der Waals surface area contributed by atoms with Crippen molar-refractivity contribution < 1.29 is 13.5 Å². The van der Waals surface area contributed by atoms with E-state index in [1.807, 2.05) is 6.92 Å². The molecule has 1 saturated heterocycles. The number of hydrogen-bond acceptors (Lipinski definition) is 4. The number of aliphatic hydroxyl groups excluding tert-OH is 1. The summed E-state index contributed by atoms with van der Waals surface area (Å²) in [4.78, 5) is 0. The van der Waals surface area contributed by atoms with Gasteiger partial charge in [-0.1, -0.05) is 6.92 Å². The number of rotatable bonds is 3. The van der Waals surface area contributed by atoms with Gasteiger partial charge in [0.2, 0.25) is 0 Å². The Labute approximate surface area is 79.3 Å². The summed E-state index contributed by atoms with van der Waals surface area (Å²) in [5.74, 6) is 0.390. The molecule has 0 atom stereocenters. The van der Waals surface area contributed by atoms with Crippen LogP contribution in [-0.4, -0.2) is 43.7 Å². The summed E-state index contributed by atoms with van der Waals surface area (Å²) in [5.41, 5.74) is -0.347. The van der Waals surface area contributed by atoms with Crippen molar-refractivity contribution in [2.45, 2.75) is 25.3 Å². The lowest BCUT2D eigenvalue weighted by atomic mass is 9.93. The van der Waals surface area contributed by atoms with E-state index in [0.717, 1.165) is 6.54 Å². The third kappa shape index (κ3) is 2.65. The number of aliphatic hydroxyl groups is 1. The van der Waals surface area contributed by atoms with Crippen molar-refractivity contribution in [3.8, 4) is 0 Å².